The Morgan fingerprint density at radius 1 is 1.60 bits per heavy atom. The van der Waals surface area contributed by atoms with Gasteiger partial charge in [-0.25, -0.2) is 0 Å². The van der Waals surface area contributed by atoms with E-state index in [1.54, 1.807) is 6.08 Å². The summed E-state index contributed by atoms with van der Waals surface area (Å²) in [5.74, 6) is 1.76. The molecule has 76 valence electrons. The van der Waals surface area contributed by atoms with Crippen LogP contribution in [-0.2, 0) is 4.79 Å². The van der Waals surface area contributed by atoms with Crippen molar-refractivity contribution in [1.29, 1.82) is 0 Å². The second-order valence-corrected chi connectivity index (χ2v) is 3.96. The predicted molar refractivity (Wildman–Crippen MR) is 70.5 cm³/mol. The van der Waals surface area contributed by atoms with Gasteiger partial charge in [0.2, 0.25) is 0 Å². The SMILES string of the molecule is C#CC(=O)N(CC=C)c1ccccc1I. The zero-order valence-corrected chi connectivity index (χ0v) is 10.3. The highest BCUT2D eigenvalue weighted by atomic mass is 127. The van der Waals surface area contributed by atoms with E-state index in [1.807, 2.05) is 24.3 Å². The summed E-state index contributed by atoms with van der Waals surface area (Å²) in [6.45, 7) is 4.03. The van der Waals surface area contributed by atoms with Gasteiger partial charge in [0.15, 0.2) is 0 Å². The van der Waals surface area contributed by atoms with Crippen LogP contribution in [0.1, 0.15) is 0 Å². The Morgan fingerprint density at radius 2 is 2.27 bits per heavy atom. The highest BCUT2D eigenvalue weighted by molar-refractivity contribution is 14.1. The number of anilines is 1. The Labute approximate surface area is 103 Å². The molecular formula is C12H10INO. The largest absolute Gasteiger partial charge is 0.302 e. The molecule has 0 heterocycles. The van der Waals surface area contributed by atoms with Crippen molar-refractivity contribution in [3.05, 3.63) is 40.5 Å². The molecule has 0 spiro atoms. The van der Waals surface area contributed by atoms with Gasteiger partial charge in [-0.2, -0.15) is 0 Å². The zero-order valence-electron chi connectivity index (χ0n) is 8.11. The smallest absolute Gasteiger partial charge is 0.297 e. The number of benzene rings is 1. The molecule has 0 saturated carbocycles. The first-order chi connectivity index (χ1) is 7.20. The molecule has 1 rings (SSSR count). The number of terminal acetylenes is 1. The topological polar surface area (TPSA) is 20.3 Å². The van der Waals surface area contributed by atoms with Crippen LogP contribution in [-0.4, -0.2) is 12.5 Å². The van der Waals surface area contributed by atoms with Crippen molar-refractivity contribution in [3.8, 4) is 12.3 Å². The Morgan fingerprint density at radius 3 is 2.80 bits per heavy atom. The molecule has 0 aliphatic rings. The van der Waals surface area contributed by atoms with Gasteiger partial charge in [0, 0.05) is 10.1 Å². The quantitative estimate of drug-likeness (QED) is 0.477. The minimum atomic E-state index is -0.348. The second-order valence-electron chi connectivity index (χ2n) is 2.80. The molecule has 15 heavy (non-hydrogen) atoms. The van der Waals surface area contributed by atoms with Crippen LogP contribution in [0.15, 0.2) is 36.9 Å². The van der Waals surface area contributed by atoms with Gasteiger partial charge in [-0.15, -0.1) is 13.0 Å². The Balaban J connectivity index is 3.10. The highest BCUT2D eigenvalue weighted by Crippen LogP contribution is 2.21. The lowest BCUT2D eigenvalue weighted by atomic mass is 10.3. The number of nitrogens with zero attached hydrogens (tertiary/aromatic N) is 1. The van der Waals surface area contributed by atoms with Gasteiger partial charge in [0.1, 0.15) is 0 Å². The maximum atomic E-state index is 11.5. The van der Waals surface area contributed by atoms with E-state index in [-0.39, 0.29) is 5.91 Å². The number of amides is 1. The van der Waals surface area contributed by atoms with E-state index in [1.165, 1.54) is 4.90 Å². The summed E-state index contributed by atoms with van der Waals surface area (Å²) in [4.78, 5) is 13.0. The number of carbonyl (C=O) groups excluding carboxylic acids is 1. The van der Waals surface area contributed by atoms with E-state index in [0.29, 0.717) is 6.54 Å². The summed E-state index contributed by atoms with van der Waals surface area (Å²) in [5, 5.41) is 0. The maximum Gasteiger partial charge on any atom is 0.302 e. The van der Waals surface area contributed by atoms with E-state index in [2.05, 4.69) is 35.1 Å². The predicted octanol–water partition coefficient (Wildman–Crippen LogP) is 2.44. The number of hydrogen-bond acceptors (Lipinski definition) is 1. The first-order valence-corrected chi connectivity index (χ1v) is 5.42. The molecule has 0 aliphatic carbocycles. The van der Waals surface area contributed by atoms with Crippen LogP contribution in [0.5, 0.6) is 0 Å². The molecule has 0 aliphatic heterocycles. The van der Waals surface area contributed by atoms with Gasteiger partial charge in [0.05, 0.1) is 5.69 Å². The van der Waals surface area contributed by atoms with Gasteiger partial charge in [-0.1, -0.05) is 18.2 Å². The lowest BCUT2D eigenvalue weighted by Crippen LogP contribution is -2.30. The van der Waals surface area contributed by atoms with Crippen LogP contribution in [0.25, 0.3) is 0 Å². The van der Waals surface area contributed by atoms with Crippen molar-refractivity contribution in [2.24, 2.45) is 0 Å². The normalized spacial score (nSPS) is 9.07. The van der Waals surface area contributed by atoms with Gasteiger partial charge >= 0.3 is 5.91 Å². The summed E-state index contributed by atoms with van der Waals surface area (Å²) in [6, 6.07) is 7.57. The standard InChI is InChI=1S/C12H10INO/c1-3-9-14(12(15)4-2)11-8-6-5-7-10(11)13/h2-3,5-8H,1,9H2. The molecule has 2 nitrogen and oxygen atoms in total. The number of rotatable bonds is 3. The Bertz CT molecular complexity index is 420. The molecule has 0 N–H and O–H groups in total. The zero-order chi connectivity index (χ0) is 11.3. The fourth-order valence-corrected chi connectivity index (χ4v) is 1.85. The van der Waals surface area contributed by atoms with E-state index < -0.39 is 0 Å². The Hall–Kier alpha value is -1.28. The van der Waals surface area contributed by atoms with Gasteiger partial charge in [-0.3, -0.25) is 9.69 Å². The summed E-state index contributed by atoms with van der Waals surface area (Å²) in [5.41, 5.74) is 0.820. The van der Waals surface area contributed by atoms with Crippen LogP contribution >= 0.6 is 22.6 Å². The van der Waals surface area contributed by atoms with Crippen molar-refractivity contribution < 1.29 is 4.79 Å². The summed E-state index contributed by atoms with van der Waals surface area (Å²) >= 11 is 2.17. The van der Waals surface area contributed by atoms with Crippen molar-refractivity contribution in [2.45, 2.75) is 0 Å². The minimum Gasteiger partial charge on any atom is -0.297 e. The molecule has 3 heteroatoms. The molecule has 0 unspecified atom stereocenters. The highest BCUT2D eigenvalue weighted by Gasteiger charge is 2.13. The van der Waals surface area contributed by atoms with E-state index in [0.717, 1.165) is 9.26 Å². The van der Waals surface area contributed by atoms with E-state index in [9.17, 15) is 4.79 Å². The van der Waals surface area contributed by atoms with Crippen molar-refractivity contribution in [2.75, 3.05) is 11.4 Å². The second kappa shape index (κ2) is 5.56. The van der Waals surface area contributed by atoms with E-state index in [4.69, 9.17) is 6.42 Å². The maximum absolute atomic E-state index is 11.5. The molecule has 0 bridgehead atoms. The molecule has 1 aromatic rings. The molecule has 1 amide bonds. The van der Waals surface area contributed by atoms with E-state index >= 15 is 0 Å². The summed E-state index contributed by atoms with van der Waals surface area (Å²) < 4.78 is 0.987. The van der Waals surface area contributed by atoms with Crippen LogP contribution in [0, 0.1) is 15.9 Å². The van der Waals surface area contributed by atoms with Crippen molar-refractivity contribution >= 4 is 34.2 Å². The van der Waals surface area contributed by atoms with Crippen LogP contribution in [0.3, 0.4) is 0 Å². The van der Waals surface area contributed by atoms with Crippen LogP contribution in [0.4, 0.5) is 5.69 Å². The minimum absolute atomic E-state index is 0.348. The lowest BCUT2D eigenvalue weighted by molar-refractivity contribution is -0.113. The molecule has 0 fully saturated rings. The summed E-state index contributed by atoms with van der Waals surface area (Å²) in [7, 11) is 0. The fraction of sp³-hybridized carbons (Fsp3) is 0.0833. The molecule has 0 aromatic heterocycles. The molecular weight excluding hydrogens is 301 g/mol. The molecule has 1 aromatic carbocycles. The van der Waals surface area contributed by atoms with Crippen molar-refractivity contribution in [3.63, 3.8) is 0 Å². The van der Waals surface area contributed by atoms with Gasteiger partial charge in [-0.05, 0) is 40.6 Å². The number of halogens is 1. The third-order valence-corrected chi connectivity index (χ3v) is 2.74. The van der Waals surface area contributed by atoms with Gasteiger partial charge in [0.25, 0.3) is 0 Å². The molecule has 0 saturated heterocycles. The molecule has 0 radical (unpaired) electrons. The van der Waals surface area contributed by atoms with Gasteiger partial charge < -0.3 is 0 Å². The average molecular weight is 311 g/mol. The number of carbonyl (C=O) groups is 1. The average Bonchev–Trinajstić information content (AvgIpc) is 2.26. The van der Waals surface area contributed by atoms with Crippen LogP contribution < -0.4 is 4.90 Å². The number of para-hydroxylation sites is 1. The third kappa shape index (κ3) is 2.83. The summed E-state index contributed by atoms with van der Waals surface area (Å²) in [6.07, 6.45) is 6.76. The Kier molecular flexibility index (Phi) is 4.37. The van der Waals surface area contributed by atoms with Crippen molar-refractivity contribution in [1.82, 2.24) is 0 Å². The first-order valence-electron chi connectivity index (χ1n) is 4.34. The third-order valence-electron chi connectivity index (χ3n) is 1.82. The van der Waals surface area contributed by atoms with Crippen LogP contribution in [0.2, 0.25) is 0 Å². The first kappa shape index (κ1) is 11.8. The monoisotopic (exact) mass is 311 g/mol. The fourth-order valence-electron chi connectivity index (χ4n) is 1.17. The molecule has 0 atom stereocenters. The lowest BCUT2D eigenvalue weighted by Gasteiger charge is -2.19. The number of hydrogen-bond donors (Lipinski definition) is 0.